The molecule has 1 fully saturated rings. The SMILES string of the molecule is O=C(c1cc(-c2ccc3c(c2)OCO3)nc2ccccc12)N1CCOCC1. The number of ether oxygens (including phenoxy) is 3. The number of fused-ring (bicyclic) bond motifs is 2. The molecule has 1 aromatic heterocycles. The van der Waals surface area contributed by atoms with E-state index in [2.05, 4.69) is 0 Å². The number of para-hydroxylation sites is 1. The quantitative estimate of drug-likeness (QED) is 0.701. The Morgan fingerprint density at radius 1 is 0.963 bits per heavy atom. The first kappa shape index (κ1) is 16.1. The summed E-state index contributed by atoms with van der Waals surface area (Å²) in [6.07, 6.45) is 0. The molecule has 2 aromatic carbocycles. The number of carbonyl (C=O) groups is 1. The largest absolute Gasteiger partial charge is 0.454 e. The Morgan fingerprint density at radius 3 is 2.67 bits per heavy atom. The first-order chi connectivity index (χ1) is 13.3. The minimum Gasteiger partial charge on any atom is -0.454 e. The van der Waals surface area contributed by atoms with Crippen LogP contribution in [0.25, 0.3) is 22.2 Å². The molecule has 0 N–H and O–H groups in total. The lowest BCUT2D eigenvalue weighted by atomic mass is 10.0. The third-order valence-electron chi connectivity index (χ3n) is 4.91. The lowest BCUT2D eigenvalue weighted by molar-refractivity contribution is 0.0304. The first-order valence-electron chi connectivity index (χ1n) is 8.96. The van der Waals surface area contributed by atoms with E-state index in [9.17, 15) is 4.79 Å². The zero-order valence-corrected chi connectivity index (χ0v) is 14.7. The van der Waals surface area contributed by atoms with Gasteiger partial charge in [-0.1, -0.05) is 18.2 Å². The van der Waals surface area contributed by atoms with Crippen molar-refractivity contribution in [2.45, 2.75) is 0 Å². The standard InChI is InChI=1S/C21H18N2O4/c24-21(23-7-9-25-10-8-23)16-12-18(22-17-4-2-1-3-15(16)17)14-5-6-19-20(11-14)27-13-26-19/h1-6,11-12H,7-10,13H2. The number of hydrogen-bond donors (Lipinski definition) is 0. The lowest BCUT2D eigenvalue weighted by Gasteiger charge is -2.27. The maximum Gasteiger partial charge on any atom is 0.254 e. The molecule has 0 radical (unpaired) electrons. The van der Waals surface area contributed by atoms with Crippen LogP contribution in [0.3, 0.4) is 0 Å². The molecule has 0 unspecified atom stereocenters. The molecule has 1 amide bonds. The number of amides is 1. The topological polar surface area (TPSA) is 60.9 Å². The number of carbonyl (C=O) groups excluding carboxylic acids is 1. The molecule has 27 heavy (non-hydrogen) atoms. The summed E-state index contributed by atoms with van der Waals surface area (Å²) in [6, 6.07) is 15.3. The molecule has 0 atom stereocenters. The van der Waals surface area contributed by atoms with E-state index in [1.165, 1.54) is 0 Å². The third-order valence-corrected chi connectivity index (χ3v) is 4.91. The van der Waals surface area contributed by atoms with Gasteiger partial charge in [0.25, 0.3) is 5.91 Å². The molecule has 5 rings (SSSR count). The predicted molar refractivity (Wildman–Crippen MR) is 100 cm³/mol. The fraction of sp³-hybridized carbons (Fsp3) is 0.238. The molecular formula is C21H18N2O4. The molecule has 136 valence electrons. The van der Waals surface area contributed by atoms with Gasteiger partial charge in [0.1, 0.15) is 0 Å². The summed E-state index contributed by atoms with van der Waals surface area (Å²) in [5.74, 6) is 1.44. The maximum atomic E-state index is 13.2. The molecule has 6 heteroatoms. The number of rotatable bonds is 2. The first-order valence-corrected chi connectivity index (χ1v) is 8.96. The van der Waals surface area contributed by atoms with Gasteiger partial charge < -0.3 is 19.1 Å². The van der Waals surface area contributed by atoms with E-state index in [0.29, 0.717) is 37.6 Å². The Hall–Kier alpha value is -3.12. The Bertz CT molecular complexity index is 1030. The minimum absolute atomic E-state index is 0.0129. The summed E-state index contributed by atoms with van der Waals surface area (Å²) in [5, 5.41) is 0.860. The van der Waals surface area contributed by atoms with Crippen LogP contribution in [-0.2, 0) is 4.74 Å². The normalized spacial score (nSPS) is 15.9. The van der Waals surface area contributed by atoms with Gasteiger partial charge in [-0.25, -0.2) is 4.98 Å². The highest BCUT2D eigenvalue weighted by Gasteiger charge is 2.22. The number of benzene rings is 2. The van der Waals surface area contributed by atoms with Gasteiger partial charge in [0.2, 0.25) is 6.79 Å². The molecular weight excluding hydrogens is 344 g/mol. The number of pyridine rings is 1. The van der Waals surface area contributed by atoms with Crippen molar-refractivity contribution in [3.05, 3.63) is 54.1 Å². The predicted octanol–water partition coefficient (Wildman–Crippen LogP) is 3.10. The number of morpholine rings is 1. The molecule has 2 aliphatic rings. The minimum atomic E-state index is 0.0129. The Kier molecular flexibility index (Phi) is 3.90. The second-order valence-corrected chi connectivity index (χ2v) is 6.54. The van der Waals surface area contributed by atoms with Crippen molar-refractivity contribution in [3.63, 3.8) is 0 Å². The highest BCUT2D eigenvalue weighted by atomic mass is 16.7. The second-order valence-electron chi connectivity index (χ2n) is 6.54. The van der Waals surface area contributed by atoms with Crippen molar-refractivity contribution < 1.29 is 19.0 Å². The lowest BCUT2D eigenvalue weighted by Crippen LogP contribution is -2.40. The Morgan fingerprint density at radius 2 is 1.78 bits per heavy atom. The van der Waals surface area contributed by atoms with Crippen molar-refractivity contribution in [3.8, 4) is 22.8 Å². The summed E-state index contributed by atoms with van der Waals surface area (Å²) in [7, 11) is 0. The van der Waals surface area contributed by atoms with E-state index in [1.54, 1.807) is 0 Å². The number of aromatic nitrogens is 1. The van der Waals surface area contributed by atoms with Crippen LogP contribution < -0.4 is 9.47 Å². The van der Waals surface area contributed by atoms with Gasteiger partial charge in [-0.15, -0.1) is 0 Å². The van der Waals surface area contributed by atoms with Gasteiger partial charge in [-0.3, -0.25) is 4.79 Å². The van der Waals surface area contributed by atoms with Gasteiger partial charge in [0, 0.05) is 24.0 Å². The van der Waals surface area contributed by atoms with Crippen molar-refractivity contribution >= 4 is 16.8 Å². The van der Waals surface area contributed by atoms with Crippen LogP contribution >= 0.6 is 0 Å². The van der Waals surface area contributed by atoms with Crippen LogP contribution in [0, 0.1) is 0 Å². The van der Waals surface area contributed by atoms with E-state index in [-0.39, 0.29) is 12.7 Å². The molecule has 0 saturated carbocycles. The Labute approximate surface area is 156 Å². The van der Waals surface area contributed by atoms with Gasteiger partial charge in [-0.05, 0) is 30.3 Å². The second kappa shape index (κ2) is 6.55. The molecule has 0 bridgehead atoms. The monoisotopic (exact) mass is 362 g/mol. The van der Waals surface area contributed by atoms with Crippen molar-refractivity contribution in [1.82, 2.24) is 9.88 Å². The van der Waals surface area contributed by atoms with Crippen LogP contribution in [-0.4, -0.2) is 48.9 Å². The summed E-state index contributed by atoms with van der Waals surface area (Å²) in [4.78, 5) is 19.8. The van der Waals surface area contributed by atoms with Gasteiger partial charge in [-0.2, -0.15) is 0 Å². The molecule has 3 aromatic rings. The number of hydrogen-bond acceptors (Lipinski definition) is 5. The van der Waals surface area contributed by atoms with Crippen LogP contribution in [0.4, 0.5) is 0 Å². The summed E-state index contributed by atoms with van der Waals surface area (Å²) in [6.45, 7) is 2.59. The zero-order valence-electron chi connectivity index (χ0n) is 14.7. The number of nitrogens with zero attached hydrogens (tertiary/aromatic N) is 2. The molecule has 2 aliphatic heterocycles. The van der Waals surface area contributed by atoms with Crippen molar-refractivity contribution in [1.29, 1.82) is 0 Å². The fourth-order valence-corrected chi connectivity index (χ4v) is 3.49. The average Bonchev–Trinajstić information content (AvgIpc) is 3.21. The van der Waals surface area contributed by atoms with Crippen LogP contribution in [0.1, 0.15) is 10.4 Å². The Balaban J connectivity index is 1.63. The van der Waals surface area contributed by atoms with E-state index < -0.39 is 0 Å². The highest BCUT2D eigenvalue weighted by molar-refractivity contribution is 6.07. The van der Waals surface area contributed by atoms with Gasteiger partial charge in [0.05, 0.1) is 30.0 Å². The van der Waals surface area contributed by atoms with Crippen molar-refractivity contribution in [2.24, 2.45) is 0 Å². The summed E-state index contributed by atoms with van der Waals surface area (Å²) in [5.41, 5.74) is 3.09. The summed E-state index contributed by atoms with van der Waals surface area (Å²) < 4.78 is 16.2. The van der Waals surface area contributed by atoms with Crippen molar-refractivity contribution in [2.75, 3.05) is 33.1 Å². The van der Waals surface area contributed by atoms with E-state index >= 15 is 0 Å². The molecule has 6 nitrogen and oxygen atoms in total. The zero-order chi connectivity index (χ0) is 18.2. The van der Waals surface area contributed by atoms with E-state index in [4.69, 9.17) is 19.2 Å². The summed E-state index contributed by atoms with van der Waals surface area (Å²) >= 11 is 0. The van der Waals surface area contributed by atoms with Gasteiger partial charge >= 0.3 is 0 Å². The highest BCUT2D eigenvalue weighted by Crippen LogP contribution is 2.36. The van der Waals surface area contributed by atoms with Crippen LogP contribution in [0.15, 0.2) is 48.5 Å². The van der Waals surface area contributed by atoms with Gasteiger partial charge in [0.15, 0.2) is 11.5 Å². The molecule has 0 spiro atoms. The maximum absolute atomic E-state index is 13.2. The fourth-order valence-electron chi connectivity index (χ4n) is 3.49. The smallest absolute Gasteiger partial charge is 0.254 e. The molecule has 0 aliphatic carbocycles. The van der Waals surface area contributed by atoms with E-state index in [0.717, 1.165) is 27.9 Å². The molecule has 3 heterocycles. The van der Waals surface area contributed by atoms with Crippen LogP contribution in [0.5, 0.6) is 11.5 Å². The van der Waals surface area contributed by atoms with E-state index in [1.807, 2.05) is 53.4 Å². The average molecular weight is 362 g/mol. The van der Waals surface area contributed by atoms with Crippen LogP contribution in [0.2, 0.25) is 0 Å². The molecule has 1 saturated heterocycles. The third kappa shape index (κ3) is 2.88.